The molecule has 0 bridgehead atoms. The van der Waals surface area contributed by atoms with Gasteiger partial charge in [-0.1, -0.05) is 30.3 Å². The molecule has 5 rings (SSSR count). The number of hydrogen-bond donors (Lipinski definition) is 5. The van der Waals surface area contributed by atoms with Gasteiger partial charge >= 0.3 is 6.03 Å². The van der Waals surface area contributed by atoms with Gasteiger partial charge in [0, 0.05) is 53.2 Å². The largest absolute Gasteiger partial charge is 0.493 e. The van der Waals surface area contributed by atoms with Crippen molar-refractivity contribution < 1.29 is 28.3 Å². The van der Waals surface area contributed by atoms with E-state index in [1.165, 1.54) is 18.2 Å². The van der Waals surface area contributed by atoms with E-state index in [1.807, 2.05) is 24.4 Å². The second kappa shape index (κ2) is 12.5. The third kappa shape index (κ3) is 7.35. The van der Waals surface area contributed by atoms with Crippen LogP contribution in [0.5, 0.6) is 0 Å². The molecule has 1 atom stereocenters. The Morgan fingerprint density at radius 3 is 2.56 bits per heavy atom. The molecule has 2 amide bonds. The maximum atomic E-state index is 12.7. The first-order chi connectivity index (χ1) is 20.5. The van der Waals surface area contributed by atoms with E-state index in [2.05, 4.69) is 33.8 Å². The first-order valence-corrected chi connectivity index (χ1v) is 15.3. The van der Waals surface area contributed by atoms with Gasteiger partial charge in [-0.3, -0.25) is 9.56 Å². The van der Waals surface area contributed by atoms with E-state index in [1.54, 1.807) is 48.5 Å². The van der Waals surface area contributed by atoms with Crippen LogP contribution >= 0.6 is 0 Å². The molecule has 5 N–H and O–H groups in total. The number of nitrogens with one attached hydrogen (secondary N) is 3. The number of urea groups is 1. The van der Waals surface area contributed by atoms with E-state index in [-0.39, 0.29) is 29.5 Å². The molecule has 0 spiro atoms. The number of aryl methyl sites for hydroxylation is 1. The van der Waals surface area contributed by atoms with Crippen molar-refractivity contribution in [3.05, 3.63) is 103 Å². The van der Waals surface area contributed by atoms with E-state index in [0.29, 0.717) is 23.5 Å². The molecular weight excluding hydrogens is 570 g/mol. The van der Waals surface area contributed by atoms with E-state index < -0.39 is 22.2 Å². The molecule has 1 aliphatic rings. The Morgan fingerprint density at radius 2 is 1.81 bits per heavy atom. The van der Waals surface area contributed by atoms with Crippen LogP contribution in [-0.4, -0.2) is 53.0 Å². The van der Waals surface area contributed by atoms with Gasteiger partial charge in [0.2, 0.25) is 5.88 Å². The molecule has 4 aromatic rings. The topological polar surface area (TPSA) is 145 Å². The zero-order valence-electron chi connectivity index (χ0n) is 23.9. The number of hydroxylamine groups is 2. The summed E-state index contributed by atoms with van der Waals surface area (Å²) in [5.41, 5.74) is 2.23. The first-order valence-electron chi connectivity index (χ1n) is 13.8. The predicted octanol–water partition coefficient (Wildman–Crippen LogP) is 5.11. The number of hydrogen-bond acceptors (Lipinski definition) is 7. The van der Waals surface area contributed by atoms with E-state index in [0.717, 1.165) is 22.4 Å². The molecule has 12 heteroatoms. The molecule has 0 saturated carbocycles. The minimum atomic E-state index is -3.74. The van der Waals surface area contributed by atoms with E-state index in [9.17, 15) is 23.4 Å². The van der Waals surface area contributed by atoms with Crippen molar-refractivity contribution in [2.75, 3.05) is 23.2 Å². The number of benzene rings is 3. The number of aliphatic hydroxyl groups is 2. The van der Waals surface area contributed by atoms with Crippen molar-refractivity contribution in [1.82, 2.24) is 14.9 Å². The Kier molecular flexibility index (Phi) is 8.74. The number of carbonyl (C=O) groups excluding carboxylic acids is 1. The fourth-order valence-electron chi connectivity index (χ4n) is 4.75. The van der Waals surface area contributed by atoms with Gasteiger partial charge in [0.1, 0.15) is 0 Å². The molecule has 0 radical (unpaired) electrons. The van der Waals surface area contributed by atoms with Crippen molar-refractivity contribution in [3.8, 4) is 0 Å². The monoisotopic (exact) mass is 605 g/mol. The molecule has 3 aromatic carbocycles. The van der Waals surface area contributed by atoms with Gasteiger partial charge in [-0.05, 0) is 74.4 Å². The van der Waals surface area contributed by atoms with Crippen LogP contribution in [0, 0.1) is 0 Å². The van der Waals surface area contributed by atoms with Crippen molar-refractivity contribution in [2.24, 2.45) is 0 Å². The van der Waals surface area contributed by atoms with Crippen LogP contribution in [-0.2, 0) is 21.4 Å². The summed E-state index contributed by atoms with van der Waals surface area (Å²) in [6.07, 6.45) is 3.31. The second-order valence-electron chi connectivity index (χ2n) is 10.9. The number of fused-ring (bicyclic) bond motifs is 1. The lowest BCUT2D eigenvalue weighted by atomic mass is 9.99. The van der Waals surface area contributed by atoms with Gasteiger partial charge in [0.05, 0.1) is 17.6 Å². The fourth-order valence-corrected chi connectivity index (χ4v) is 5.82. The lowest BCUT2D eigenvalue weighted by molar-refractivity contribution is -0.0779. The standard InChI is InChI=1S/C31H35N5O6S/c1-31(2,32-21-28(37)23-7-6-8-25(20-23)34-43(40,41)26-9-4-3-5-10-26)15-17-35-16-13-22-19-24(11-12-27(22)35)33-30(39)36-29(38)14-18-42-36/h3-14,16,19-20,28,32,34,37-38H,15,17-18,21H2,1-2H3,(H,33,39)/t28-/m0/s1. The van der Waals surface area contributed by atoms with Crippen molar-refractivity contribution in [3.63, 3.8) is 0 Å². The van der Waals surface area contributed by atoms with Gasteiger partial charge in [-0.25, -0.2) is 13.2 Å². The highest BCUT2D eigenvalue weighted by Gasteiger charge is 2.24. The number of carbonyl (C=O) groups is 1. The van der Waals surface area contributed by atoms with Crippen LogP contribution in [0.2, 0.25) is 0 Å². The molecule has 0 aliphatic carbocycles. The number of aliphatic hydroxyl groups excluding tert-OH is 2. The van der Waals surface area contributed by atoms with Gasteiger partial charge in [-0.2, -0.15) is 0 Å². The summed E-state index contributed by atoms with van der Waals surface area (Å²) >= 11 is 0. The summed E-state index contributed by atoms with van der Waals surface area (Å²) in [6, 6.07) is 21.9. The van der Waals surface area contributed by atoms with Crippen LogP contribution in [0.25, 0.3) is 10.9 Å². The van der Waals surface area contributed by atoms with Gasteiger partial charge in [0.25, 0.3) is 10.0 Å². The number of aromatic nitrogens is 1. The summed E-state index contributed by atoms with van der Waals surface area (Å²) in [7, 11) is -3.74. The molecule has 0 unspecified atom stereocenters. The Morgan fingerprint density at radius 1 is 1.02 bits per heavy atom. The SMILES string of the molecule is CC(C)(CCn1ccc2cc(NC(=O)N3OCC=C3O)ccc21)NC[C@H](O)c1cccc(NS(=O)(=O)c2ccccc2)c1. The highest BCUT2D eigenvalue weighted by Crippen LogP contribution is 2.24. The number of nitrogens with zero attached hydrogens (tertiary/aromatic N) is 2. The number of β-amino-alcohol motifs (C(OH)–C–C–N with tert-alkyl or cyclic N) is 1. The number of amides is 2. The Hall–Kier alpha value is -4.36. The minimum Gasteiger partial charge on any atom is -0.493 e. The van der Waals surface area contributed by atoms with Gasteiger partial charge in [-0.15, -0.1) is 5.06 Å². The quantitative estimate of drug-likeness (QED) is 0.160. The third-order valence-electron chi connectivity index (χ3n) is 7.21. The van der Waals surface area contributed by atoms with Crippen LogP contribution in [0.15, 0.2) is 102 Å². The van der Waals surface area contributed by atoms with Crippen molar-refractivity contribution >= 4 is 38.3 Å². The minimum absolute atomic E-state index is 0.136. The Balaban J connectivity index is 1.15. The van der Waals surface area contributed by atoms with E-state index >= 15 is 0 Å². The van der Waals surface area contributed by atoms with Crippen LogP contribution in [0.1, 0.15) is 31.9 Å². The highest BCUT2D eigenvalue weighted by atomic mass is 32.2. The molecule has 0 saturated heterocycles. The average molecular weight is 606 g/mol. The second-order valence-corrected chi connectivity index (χ2v) is 12.6. The summed E-state index contributed by atoms with van der Waals surface area (Å²) < 4.78 is 30.1. The van der Waals surface area contributed by atoms with E-state index in [4.69, 9.17) is 4.84 Å². The Bertz CT molecular complexity index is 1740. The Labute approximate surface area is 250 Å². The van der Waals surface area contributed by atoms with Crippen molar-refractivity contribution in [1.29, 1.82) is 0 Å². The molecule has 43 heavy (non-hydrogen) atoms. The summed E-state index contributed by atoms with van der Waals surface area (Å²) in [5.74, 6) is -0.242. The predicted molar refractivity (Wildman–Crippen MR) is 165 cm³/mol. The molecule has 2 heterocycles. The number of sulfonamides is 1. The molecule has 11 nitrogen and oxygen atoms in total. The van der Waals surface area contributed by atoms with Gasteiger partial charge < -0.3 is 25.4 Å². The lowest BCUT2D eigenvalue weighted by Crippen LogP contribution is -2.42. The summed E-state index contributed by atoms with van der Waals surface area (Å²) in [5, 5.41) is 28.5. The zero-order valence-corrected chi connectivity index (χ0v) is 24.7. The maximum absolute atomic E-state index is 12.7. The van der Waals surface area contributed by atoms with Crippen LogP contribution in [0.3, 0.4) is 0 Å². The number of anilines is 2. The van der Waals surface area contributed by atoms with Crippen molar-refractivity contribution in [2.45, 2.75) is 43.4 Å². The van der Waals surface area contributed by atoms with Gasteiger partial charge in [0.15, 0.2) is 0 Å². The average Bonchev–Trinajstić information content (AvgIpc) is 3.61. The normalized spacial score (nSPS) is 14.5. The third-order valence-corrected chi connectivity index (χ3v) is 8.61. The highest BCUT2D eigenvalue weighted by molar-refractivity contribution is 7.92. The fraction of sp³-hybridized carbons (Fsp3) is 0.258. The number of rotatable bonds is 11. The van der Waals surface area contributed by atoms with Crippen LogP contribution in [0.4, 0.5) is 16.2 Å². The molecule has 226 valence electrons. The summed E-state index contributed by atoms with van der Waals surface area (Å²) in [4.78, 5) is 17.6. The maximum Gasteiger partial charge on any atom is 0.353 e. The molecule has 1 aliphatic heterocycles. The zero-order chi connectivity index (χ0) is 30.6. The first kappa shape index (κ1) is 30.1. The lowest BCUT2D eigenvalue weighted by Gasteiger charge is -2.28. The molecule has 1 aromatic heterocycles. The van der Waals surface area contributed by atoms with Crippen LogP contribution < -0.4 is 15.4 Å². The smallest absolute Gasteiger partial charge is 0.353 e. The molecule has 0 fully saturated rings. The molecular formula is C31H35N5O6S. The summed E-state index contributed by atoms with van der Waals surface area (Å²) in [6.45, 7) is 5.25.